The molecule has 3 atom stereocenters. The van der Waals surface area contributed by atoms with Crippen LogP contribution in [0.2, 0.25) is 0 Å². The second kappa shape index (κ2) is 7.24. The van der Waals surface area contributed by atoms with Gasteiger partial charge in [-0.15, -0.1) is 0 Å². The fraction of sp³-hybridized carbons (Fsp3) is 0.381. The minimum absolute atomic E-state index is 0.00976. The quantitative estimate of drug-likeness (QED) is 0.838. The lowest BCUT2D eigenvalue weighted by Gasteiger charge is -2.24. The molecule has 0 radical (unpaired) electrons. The lowest BCUT2D eigenvalue weighted by Crippen LogP contribution is -2.37. The molecule has 2 heterocycles. The second-order valence-electron chi connectivity index (χ2n) is 7.60. The van der Waals surface area contributed by atoms with E-state index in [0.29, 0.717) is 24.1 Å². The van der Waals surface area contributed by atoms with E-state index >= 15 is 0 Å². The molecule has 3 unspecified atom stereocenters. The number of carbonyl (C=O) groups is 2. The van der Waals surface area contributed by atoms with E-state index in [0.717, 1.165) is 19.3 Å². The normalized spacial score (nSPS) is 26.4. The zero-order valence-corrected chi connectivity index (χ0v) is 15.5. The molecule has 1 aliphatic carbocycles. The summed E-state index contributed by atoms with van der Waals surface area (Å²) in [6.45, 7) is 0. The summed E-state index contributed by atoms with van der Waals surface area (Å²) in [5, 5.41) is 3.06. The smallest absolute Gasteiger partial charge is 0.255 e. The van der Waals surface area contributed by atoms with E-state index in [2.05, 4.69) is 5.32 Å². The Kier molecular flexibility index (Phi) is 4.77. The molecule has 2 aromatic rings. The predicted molar refractivity (Wildman–Crippen MR) is 103 cm³/mol. The zero-order chi connectivity index (χ0) is 19.7. The van der Waals surface area contributed by atoms with Crippen LogP contribution in [-0.4, -0.2) is 34.1 Å². The molecular weight excluding hydrogens is 358 g/mol. The molecule has 1 spiro atoms. The Morgan fingerprint density at radius 1 is 1.11 bits per heavy atom. The number of nitrogens with zero attached hydrogens (tertiary/aromatic N) is 1. The SMILES string of the molecule is NC(=O)C1CCC2(CCC(NC(=O)c3ccc(-n4ccccc4=O)cc3)C2)O1. The van der Waals surface area contributed by atoms with Gasteiger partial charge in [0.1, 0.15) is 6.10 Å². The maximum Gasteiger partial charge on any atom is 0.255 e. The van der Waals surface area contributed by atoms with Crippen LogP contribution in [0.3, 0.4) is 0 Å². The Morgan fingerprint density at radius 2 is 1.86 bits per heavy atom. The molecule has 1 saturated heterocycles. The summed E-state index contributed by atoms with van der Waals surface area (Å²) in [7, 11) is 0. The third-order valence-corrected chi connectivity index (χ3v) is 5.70. The molecule has 3 N–H and O–H groups in total. The molecular formula is C21H23N3O4. The monoisotopic (exact) mass is 381 g/mol. The van der Waals surface area contributed by atoms with Gasteiger partial charge in [0, 0.05) is 29.6 Å². The third-order valence-electron chi connectivity index (χ3n) is 5.70. The first-order chi connectivity index (χ1) is 13.5. The van der Waals surface area contributed by atoms with Crippen molar-refractivity contribution in [3.63, 3.8) is 0 Å². The fourth-order valence-corrected chi connectivity index (χ4v) is 4.24. The summed E-state index contributed by atoms with van der Waals surface area (Å²) < 4.78 is 7.43. The largest absolute Gasteiger partial charge is 0.367 e. The molecule has 2 amide bonds. The van der Waals surface area contributed by atoms with Gasteiger partial charge in [-0.3, -0.25) is 19.0 Å². The van der Waals surface area contributed by atoms with Gasteiger partial charge in [0.25, 0.3) is 11.5 Å². The number of hydrogen-bond donors (Lipinski definition) is 2. The summed E-state index contributed by atoms with van der Waals surface area (Å²) >= 11 is 0. The highest BCUT2D eigenvalue weighted by atomic mass is 16.5. The third kappa shape index (κ3) is 3.57. The molecule has 0 bridgehead atoms. The molecule has 1 aromatic heterocycles. The van der Waals surface area contributed by atoms with Gasteiger partial charge in [0.05, 0.1) is 5.60 Å². The van der Waals surface area contributed by atoms with Crippen LogP contribution in [0.5, 0.6) is 0 Å². The summed E-state index contributed by atoms with van der Waals surface area (Å²) in [5.74, 6) is -0.569. The van der Waals surface area contributed by atoms with Gasteiger partial charge < -0.3 is 15.8 Å². The van der Waals surface area contributed by atoms with E-state index < -0.39 is 12.0 Å². The molecule has 146 valence electrons. The average molecular weight is 381 g/mol. The Morgan fingerprint density at radius 3 is 2.54 bits per heavy atom. The first-order valence-electron chi connectivity index (χ1n) is 9.52. The van der Waals surface area contributed by atoms with Crippen molar-refractivity contribution in [2.75, 3.05) is 0 Å². The molecule has 4 rings (SSSR count). The van der Waals surface area contributed by atoms with Crippen LogP contribution in [0, 0.1) is 0 Å². The lowest BCUT2D eigenvalue weighted by atomic mass is 9.97. The summed E-state index contributed by atoms with van der Waals surface area (Å²) in [6.07, 6.45) is 4.95. The van der Waals surface area contributed by atoms with Crippen molar-refractivity contribution < 1.29 is 14.3 Å². The lowest BCUT2D eigenvalue weighted by molar-refractivity contribution is -0.133. The van der Waals surface area contributed by atoms with Gasteiger partial charge in [-0.05, 0) is 62.4 Å². The zero-order valence-electron chi connectivity index (χ0n) is 15.5. The molecule has 7 nitrogen and oxygen atoms in total. The fourth-order valence-electron chi connectivity index (χ4n) is 4.24. The number of primary amides is 1. The minimum Gasteiger partial charge on any atom is -0.367 e. The maximum absolute atomic E-state index is 12.6. The van der Waals surface area contributed by atoms with Gasteiger partial charge in [-0.1, -0.05) is 6.07 Å². The van der Waals surface area contributed by atoms with Gasteiger partial charge >= 0.3 is 0 Å². The van der Waals surface area contributed by atoms with E-state index in [1.807, 2.05) is 0 Å². The highest BCUT2D eigenvalue weighted by molar-refractivity contribution is 5.94. The van der Waals surface area contributed by atoms with Crippen molar-refractivity contribution in [3.8, 4) is 5.69 Å². The number of carbonyl (C=O) groups excluding carboxylic acids is 2. The van der Waals surface area contributed by atoms with Crippen LogP contribution in [0.15, 0.2) is 53.5 Å². The number of hydrogen-bond acceptors (Lipinski definition) is 4. The predicted octanol–water partition coefficient (Wildman–Crippen LogP) is 1.52. The average Bonchev–Trinajstić information content (AvgIpc) is 3.29. The highest BCUT2D eigenvalue weighted by Crippen LogP contribution is 2.43. The summed E-state index contributed by atoms with van der Waals surface area (Å²) in [5.41, 5.74) is 6.13. The number of pyridine rings is 1. The van der Waals surface area contributed by atoms with Gasteiger partial charge in [0.2, 0.25) is 5.91 Å². The van der Waals surface area contributed by atoms with Crippen LogP contribution >= 0.6 is 0 Å². The van der Waals surface area contributed by atoms with E-state index in [1.165, 1.54) is 10.6 Å². The molecule has 7 heteroatoms. The molecule has 2 fully saturated rings. The first kappa shape index (κ1) is 18.4. The van der Waals surface area contributed by atoms with Gasteiger partial charge in [0.15, 0.2) is 0 Å². The van der Waals surface area contributed by atoms with E-state index in [1.54, 1.807) is 42.6 Å². The number of rotatable bonds is 4. The number of benzene rings is 1. The summed E-state index contributed by atoms with van der Waals surface area (Å²) in [4.78, 5) is 35.8. The molecule has 2 aliphatic rings. The molecule has 28 heavy (non-hydrogen) atoms. The number of aromatic nitrogens is 1. The number of ether oxygens (including phenoxy) is 1. The maximum atomic E-state index is 12.6. The Balaban J connectivity index is 1.39. The molecule has 1 saturated carbocycles. The van der Waals surface area contributed by atoms with E-state index in [4.69, 9.17) is 10.5 Å². The Hall–Kier alpha value is -2.93. The van der Waals surface area contributed by atoms with Gasteiger partial charge in [-0.2, -0.15) is 0 Å². The van der Waals surface area contributed by atoms with Crippen molar-refractivity contribution in [2.24, 2.45) is 5.73 Å². The standard InChI is InChI=1S/C21H23N3O4/c22-19(26)17-9-11-21(28-17)10-8-15(13-21)23-20(27)14-4-6-16(7-5-14)24-12-2-1-3-18(24)25/h1-7,12,15,17H,8-11,13H2,(H2,22,26)(H,23,27). The topological polar surface area (TPSA) is 103 Å². The Bertz CT molecular complexity index is 953. The molecule has 1 aliphatic heterocycles. The Labute approximate surface area is 162 Å². The number of nitrogens with one attached hydrogen (secondary N) is 1. The van der Waals surface area contributed by atoms with Gasteiger partial charge in [-0.25, -0.2) is 0 Å². The van der Waals surface area contributed by atoms with Crippen molar-refractivity contribution >= 4 is 11.8 Å². The van der Waals surface area contributed by atoms with Crippen LogP contribution in [0.25, 0.3) is 5.69 Å². The number of nitrogens with two attached hydrogens (primary N) is 1. The van der Waals surface area contributed by atoms with Crippen LogP contribution < -0.4 is 16.6 Å². The van der Waals surface area contributed by atoms with Crippen LogP contribution in [-0.2, 0) is 9.53 Å². The van der Waals surface area contributed by atoms with E-state index in [-0.39, 0.29) is 23.1 Å². The van der Waals surface area contributed by atoms with Crippen molar-refractivity contribution in [1.29, 1.82) is 0 Å². The highest BCUT2D eigenvalue weighted by Gasteiger charge is 2.47. The second-order valence-corrected chi connectivity index (χ2v) is 7.60. The molecule has 1 aromatic carbocycles. The van der Waals surface area contributed by atoms with Crippen molar-refractivity contribution in [3.05, 3.63) is 64.6 Å². The van der Waals surface area contributed by atoms with Crippen LogP contribution in [0.4, 0.5) is 0 Å². The minimum atomic E-state index is -0.511. The summed E-state index contributed by atoms with van der Waals surface area (Å²) in [6, 6.07) is 11.9. The van der Waals surface area contributed by atoms with E-state index in [9.17, 15) is 14.4 Å². The first-order valence-corrected chi connectivity index (χ1v) is 9.52. The van der Waals surface area contributed by atoms with Crippen molar-refractivity contribution in [1.82, 2.24) is 9.88 Å². The van der Waals surface area contributed by atoms with Crippen molar-refractivity contribution in [2.45, 2.75) is 49.9 Å². The number of amides is 2. The van der Waals surface area contributed by atoms with Crippen LogP contribution in [0.1, 0.15) is 42.5 Å².